The SMILES string of the molecule is CC(=O)NC(C(=O)Nc1nnc(SCc2cccs2)s1)C(C)C. The number of amides is 2. The molecule has 2 aromatic heterocycles. The Morgan fingerprint density at radius 1 is 1.35 bits per heavy atom. The second kappa shape index (κ2) is 8.42. The van der Waals surface area contributed by atoms with Gasteiger partial charge in [-0.3, -0.25) is 14.9 Å². The van der Waals surface area contributed by atoms with Crippen LogP contribution in [-0.4, -0.2) is 28.1 Å². The summed E-state index contributed by atoms with van der Waals surface area (Å²) in [5, 5.41) is 15.9. The Labute approximate surface area is 147 Å². The fraction of sp³-hybridized carbons (Fsp3) is 0.429. The minimum atomic E-state index is -0.585. The number of rotatable bonds is 7. The molecule has 0 spiro atoms. The lowest BCUT2D eigenvalue weighted by Gasteiger charge is -2.19. The zero-order chi connectivity index (χ0) is 16.8. The maximum atomic E-state index is 12.3. The van der Waals surface area contributed by atoms with Gasteiger partial charge < -0.3 is 5.32 Å². The fourth-order valence-electron chi connectivity index (χ4n) is 1.78. The Hall–Kier alpha value is -1.45. The van der Waals surface area contributed by atoms with Crippen LogP contribution in [0.1, 0.15) is 25.6 Å². The van der Waals surface area contributed by atoms with Gasteiger partial charge in [0.25, 0.3) is 0 Å². The molecule has 0 aromatic carbocycles. The molecule has 124 valence electrons. The van der Waals surface area contributed by atoms with Gasteiger partial charge in [-0.15, -0.1) is 21.5 Å². The zero-order valence-corrected chi connectivity index (χ0v) is 15.5. The van der Waals surface area contributed by atoms with Crippen molar-refractivity contribution in [1.29, 1.82) is 0 Å². The van der Waals surface area contributed by atoms with E-state index in [2.05, 4.69) is 26.9 Å². The van der Waals surface area contributed by atoms with Gasteiger partial charge in [-0.2, -0.15) is 0 Å². The summed E-state index contributed by atoms with van der Waals surface area (Å²) in [4.78, 5) is 24.7. The van der Waals surface area contributed by atoms with Crippen LogP contribution < -0.4 is 10.6 Å². The number of anilines is 1. The van der Waals surface area contributed by atoms with E-state index in [9.17, 15) is 9.59 Å². The van der Waals surface area contributed by atoms with Crippen LogP contribution in [0, 0.1) is 5.92 Å². The van der Waals surface area contributed by atoms with Gasteiger partial charge in [-0.25, -0.2) is 0 Å². The molecule has 2 heterocycles. The number of hydrogen-bond acceptors (Lipinski definition) is 7. The second-order valence-electron chi connectivity index (χ2n) is 5.15. The lowest BCUT2D eigenvalue weighted by molar-refractivity contribution is -0.126. The van der Waals surface area contributed by atoms with Gasteiger partial charge in [-0.1, -0.05) is 43.0 Å². The van der Waals surface area contributed by atoms with Crippen molar-refractivity contribution in [3.63, 3.8) is 0 Å². The number of thiophene rings is 1. The number of nitrogens with one attached hydrogen (secondary N) is 2. The van der Waals surface area contributed by atoms with E-state index in [0.29, 0.717) is 5.13 Å². The highest BCUT2D eigenvalue weighted by Crippen LogP contribution is 2.29. The molecule has 1 atom stereocenters. The van der Waals surface area contributed by atoms with E-state index >= 15 is 0 Å². The van der Waals surface area contributed by atoms with Crippen LogP contribution in [0.15, 0.2) is 21.9 Å². The highest BCUT2D eigenvalue weighted by Gasteiger charge is 2.24. The van der Waals surface area contributed by atoms with Gasteiger partial charge in [0.2, 0.25) is 16.9 Å². The largest absolute Gasteiger partial charge is 0.344 e. The van der Waals surface area contributed by atoms with Crippen LogP contribution in [0.3, 0.4) is 0 Å². The van der Waals surface area contributed by atoms with Gasteiger partial charge in [0.05, 0.1) is 0 Å². The molecule has 0 saturated heterocycles. The van der Waals surface area contributed by atoms with Gasteiger partial charge in [0, 0.05) is 17.6 Å². The molecule has 2 aromatic rings. The molecule has 0 aliphatic rings. The molecular formula is C14H18N4O2S3. The average molecular weight is 371 g/mol. The van der Waals surface area contributed by atoms with Crippen molar-refractivity contribution in [2.24, 2.45) is 5.92 Å². The highest BCUT2D eigenvalue weighted by atomic mass is 32.2. The number of nitrogens with zero attached hydrogens (tertiary/aromatic N) is 2. The Bertz CT molecular complexity index is 655. The molecule has 6 nitrogen and oxygen atoms in total. The van der Waals surface area contributed by atoms with Crippen molar-refractivity contribution >= 4 is 51.4 Å². The van der Waals surface area contributed by atoms with Crippen molar-refractivity contribution in [2.75, 3.05) is 5.32 Å². The fourth-order valence-corrected chi connectivity index (χ4v) is 4.31. The van der Waals surface area contributed by atoms with E-state index in [1.165, 1.54) is 23.1 Å². The first-order chi connectivity index (χ1) is 11.0. The van der Waals surface area contributed by atoms with Crippen LogP contribution in [0.2, 0.25) is 0 Å². The molecule has 2 rings (SSSR count). The first-order valence-corrected chi connectivity index (χ1v) is 9.70. The summed E-state index contributed by atoms with van der Waals surface area (Å²) >= 11 is 4.62. The van der Waals surface area contributed by atoms with Gasteiger partial charge in [-0.05, 0) is 17.4 Å². The summed E-state index contributed by atoms with van der Waals surface area (Å²) < 4.78 is 0.800. The lowest BCUT2D eigenvalue weighted by atomic mass is 10.0. The standard InChI is InChI=1S/C14H18N4O2S3/c1-8(2)11(15-9(3)19)12(20)16-13-17-18-14(23-13)22-7-10-5-4-6-21-10/h4-6,8,11H,7H2,1-3H3,(H,15,19)(H,16,17,20). The maximum absolute atomic E-state index is 12.3. The molecule has 0 saturated carbocycles. The lowest BCUT2D eigenvalue weighted by Crippen LogP contribution is -2.46. The molecule has 0 fully saturated rings. The Morgan fingerprint density at radius 3 is 2.74 bits per heavy atom. The van der Waals surface area contributed by atoms with Crippen molar-refractivity contribution in [1.82, 2.24) is 15.5 Å². The van der Waals surface area contributed by atoms with E-state index in [1.807, 2.05) is 25.3 Å². The molecule has 0 aliphatic carbocycles. The number of hydrogen-bond donors (Lipinski definition) is 2. The first-order valence-electron chi connectivity index (χ1n) is 7.02. The molecule has 2 N–H and O–H groups in total. The molecule has 23 heavy (non-hydrogen) atoms. The normalized spacial score (nSPS) is 12.2. The minimum Gasteiger partial charge on any atom is -0.344 e. The van der Waals surface area contributed by atoms with Crippen LogP contribution in [0.25, 0.3) is 0 Å². The minimum absolute atomic E-state index is 0.0144. The van der Waals surface area contributed by atoms with Crippen molar-refractivity contribution in [3.8, 4) is 0 Å². The van der Waals surface area contributed by atoms with Crippen molar-refractivity contribution < 1.29 is 9.59 Å². The maximum Gasteiger partial charge on any atom is 0.249 e. The summed E-state index contributed by atoms with van der Waals surface area (Å²) in [6, 6.07) is 3.50. The molecule has 0 aliphatic heterocycles. The molecular weight excluding hydrogens is 352 g/mol. The van der Waals surface area contributed by atoms with E-state index < -0.39 is 6.04 Å². The monoisotopic (exact) mass is 370 g/mol. The van der Waals surface area contributed by atoms with Crippen molar-refractivity contribution in [3.05, 3.63) is 22.4 Å². The molecule has 1 unspecified atom stereocenters. The zero-order valence-electron chi connectivity index (χ0n) is 13.0. The smallest absolute Gasteiger partial charge is 0.249 e. The van der Waals surface area contributed by atoms with E-state index in [-0.39, 0.29) is 17.7 Å². The summed E-state index contributed by atoms with van der Waals surface area (Å²) in [5.41, 5.74) is 0. The Morgan fingerprint density at radius 2 is 2.13 bits per heavy atom. The number of thioether (sulfide) groups is 1. The summed E-state index contributed by atoms with van der Waals surface area (Å²) in [6.45, 7) is 5.15. The van der Waals surface area contributed by atoms with E-state index in [4.69, 9.17) is 0 Å². The second-order valence-corrected chi connectivity index (χ2v) is 8.38. The number of carbonyl (C=O) groups excluding carboxylic acids is 2. The predicted molar refractivity (Wildman–Crippen MR) is 94.9 cm³/mol. The highest BCUT2D eigenvalue weighted by molar-refractivity contribution is 8.00. The summed E-state index contributed by atoms with van der Waals surface area (Å²) in [6.07, 6.45) is 0. The van der Waals surface area contributed by atoms with Gasteiger partial charge in [0.15, 0.2) is 4.34 Å². The van der Waals surface area contributed by atoms with Gasteiger partial charge >= 0.3 is 0 Å². The van der Waals surface area contributed by atoms with Crippen molar-refractivity contribution in [2.45, 2.75) is 36.9 Å². The number of carbonyl (C=O) groups is 2. The Balaban J connectivity index is 1.91. The van der Waals surface area contributed by atoms with E-state index in [0.717, 1.165) is 10.1 Å². The third-order valence-corrected chi connectivity index (χ3v) is 5.94. The third-order valence-electron chi connectivity index (χ3n) is 2.86. The summed E-state index contributed by atoms with van der Waals surface area (Å²) in [5.74, 6) is 0.310. The first kappa shape index (κ1) is 17.9. The summed E-state index contributed by atoms with van der Waals surface area (Å²) in [7, 11) is 0. The van der Waals surface area contributed by atoms with E-state index in [1.54, 1.807) is 23.1 Å². The Kier molecular flexibility index (Phi) is 6.55. The molecule has 0 radical (unpaired) electrons. The molecule has 2 amide bonds. The topological polar surface area (TPSA) is 84.0 Å². The third kappa shape index (κ3) is 5.60. The van der Waals surface area contributed by atoms with Gasteiger partial charge in [0.1, 0.15) is 6.04 Å². The number of aromatic nitrogens is 2. The predicted octanol–water partition coefficient (Wildman–Crippen LogP) is 2.99. The molecule has 9 heteroatoms. The average Bonchev–Trinajstić information content (AvgIpc) is 3.13. The van der Waals surface area contributed by atoms with Crippen LogP contribution in [0.5, 0.6) is 0 Å². The quantitative estimate of drug-likeness (QED) is 0.578. The van der Waals surface area contributed by atoms with Crippen LogP contribution in [-0.2, 0) is 15.3 Å². The van der Waals surface area contributed by atoms with Crippen LogP contribution in [0.4, 0.5) is 5.13 Å². The van der Waals surface area contributed by atoms with Crippen LogP contribution >= 0.6 is 34.4 Å². The molecule has 0 bridgehead atoms.